The van der Waals surface area contributed by atoms with Crippen molar-refractivity contribution >= 4 is 11.7 Å². The first-order valence-corrected chi connectivity index (χ1v) is 10.3. The predicted molar refractivity (Wildman–Crippen MR) is 100 cm³/mol. The molecule has 2 bridgehead atoms. The minimum Gasteiger partial charge on any atom is -0.366 e. The Bertz CT molecular complexity index is 769. The molecule has 1 saturated heterocycles. The number of amides is 1. The average Bonchev–Trinajstić information content (AvgIpc) is 2.58. The van der Waals surface area contributed by atoms with Gasteiger partial charge in [0.05, 0.1) is 0 Å². The summed E-state index contributed by atoms with van der Waals surface area (Å²) in [5.41, 5.74) is 8.67. The Kier molecular flexibility index (Phi) is 3.75. The Balaban J connectivity index is 1.56. The number of nitrogens with zero attached hydrogens (tertiary/aromatic N) is 1. The molecule has 138 valence electrons. The van der Waals surface area contributed by atoms with Crippen molar-refractivity contribution in [3.8, 4) is 0 Å². The fourth-order valence-corrected chi connectivity index (χ4v) is 6.29. The highest BCUT2D eigenvalue weighted by atomic mass is 16.1. The second-order valence-corrected chi connectivity index (χ2v) is 9.07. The van der Waals surface area contributed by atoms with Crippen LogP contribution in [0.4, 0.5) is 0 Å². The van der Waals surface area contributed by atoms with Gasteiger partial charge in [0.15, 0.2) is 0 Å². The van der Waals surface area contributed by atoms with E-state index >= 15 is 0 Å². The number of piperidine rings is 1. The van der Waals surface area contributed by atoms with E-state index in [0.29, 0.717) is 29.7 Å². The molecule has 1 heterocycles. The van der Waals surface area contributed by atoms with Gasteiger partial charge in [-0.2, -0.15) is 0 Å². The first-order valence-electron chi connectivity index (χ1n) is 10.3. The number of Topliss-reactive ketones (excluding diaryl/α,β-unsaturated/α-hetero) is 1. The van der Waals surface area contributed by atoms with Crippen LogP contribution in [0.5, 0.6) is 0 Å². The van der Waals surface area contributed by atoms with Crippen molar-refractivity contribution in [2.24, 2.45) is 17.6 Å². The molecule has 0 unspecified atom stereocenters. The molecule has 0 aromatic heterocycles. The lowest BCUT2D eigenvalue weighted by atomic mass is 9.52. The number of carbonyl (C=O) groups excluding carboxylic acids is 2. The maximum atomic E-state index is 12.5. The monoisotopic (exact) mass is 352 g/mol. The maximum Gasteiger partial charge on any atom is 0.248 e. The summed E-state index contributed by atoms with van der Waals surface area (Å²) in [6, 6.07) is 6.55. The normalized spacial score (nSPS) is 33.9. The summed E-state index contributed by atoms with van der Waals surface area (Å²) in [6.07, 6.45) is 8.65. The van der Waals surface area contributed by atoms with Gasteiger partial charge in [-0.3, -0.25) is 14.5 Å². The van der Waals surface area contributed by atoms with Crippen LogP contribution in [0.3, 0.4) is 0 Å². The summed E-state index contributed by atoms with van der Waals surface area (Å²) in [5.74, 6) is 1.45. The number of hydrogen-bond acceptors (Lipinski definition) is 3. The van der Waals surface area contributed by atoms with Crippen LogP contribution in [0.2, 0.25) is 0 Å². The summed E-state index contributed by atoms with van der Waals surface area (Å²) in [4.78, 5) is 26.9. The van der Waals surface area contributed by atoms with Crippen molar-refractivity contribution in [3.63, 3.8) is 0 Å². The van der Waals surface area contributed by atoms with Gasteiger partial charge < -0.3 is 5.73 Å². The number of benzene rings is 1. The number of primary amides is 1. The fraction of sp³-hybridized carbons (Fsp3) is 0.636. The number of rotatable bonds is 3. The van der Waals surface area contributed by atoms with Gasteiger partial charge in [-0.25, -0.2) is 0 Å². The molecule has 4 heteroatoms. The Labute approximate surface area is 155 Å². The highest BCUT2D eigenvalue weighted by molar-refractivity contribution is 5.93. The number of nitrogens with two attached hydrogens (primary N) is 1. The van der Waals surface area contributed by atoms with Gasteiger partial charge in [0.2, 0.25) is 5.91 Å². The van der Waals surface area contributed by atoms with Crippen molar-refractivity contribution in [1.82, 2.24) is 4.90 Å². The van der Waals surface area contributed by atoms with Gasteiger partial charge >= 0.3 is 0 Å². The molecule has 2 N–H and O–H groups in total. The van der Waals surface area contributed by atoms with Crippen molar-refractivity contribution in [3.05, 3.63) is 34.9 Å². The largest absolute Gasteiger partial charge is 0.366 e. The smallest absolute Gasteiger partial charge is 0.248 e. The average molecular weight is 352 g/mol. The zero-order valence-corrected chi connectivity index (χ0v) is 15.4. The lowest BCUT2D eigenvalue weighted by Crippen LogP contribution is -2.62. The van der Waals surface area contributed by atoms with Crippen LogP contribution in [0.15, 0.2) is 18.2 Å². The third-order valence-electron chi connectivity index (χ3n) is 7.81. The van der Waals surface area contributed by atoms with E-state index < -0.39 is 0 Å². The van der Waals surface area contributed by atoms with Crippen molar-refractivity contribution < 1.29 is 9.59 Å². The van der Waals surface area contributed by atoms with E-state index in [1.54, 1.807) is 0 Å². The van der Waals surface area contributed by atoms with E-state index in [2.05, 4.69) is 11.0 Å². The lowest BCUT2D eigenvalue weighted by molar-refractivity contribution is -0.127. The maximum absolute atomic E-state index is 12.5. The number of hydrogen-bond donors (Lipinski definition) is 1. The van der Waals surface area contributed by atoms with Gasteiger partial charge in [0, 0.05) is 36.4 Å². The highest BCUT2D eigenvalue weighted by Crippen LogP contribution is 2.55. The standard InChI is InChI=1S/C22H28N2O2/c23-21(26)16-5-4-15-11-20-18-7-6-17(25)12-22(18,19(15)10-16)8-9-24(20)13-14-2-1-3-14/h4-5,10,14,18,20H,1-3,6-9,11-13H2,(H2,23,26)/t18-,20+,22-/m0/s1. The van der Waals surface area contributed by atoms with Gasteiger partial charge in [-0.15, -0.1) is 0 Å². The van der Waals surface area contributed by atoms with E-state index in [9.17, 15) is 9.59 Å². The Morgan fingerprint density at radius 1 is 1.27 bits per heavy atom. The lowest BCUT2D eigenvalue weighted by Gasteiger charge is -2.59. The van der Waals surface area contributed by atoms with E-state index in [1.807, 2.05) is 12.1 Å². The molecule has 0 spiro atoms. The Morgan fingerprint density at radius 2 is 2.12 bits per heavy atom. The molecule has 1 amide bonds. The third kappa shape index (κ3) is 2.38. The van der Waals surface area contributed by atoms with E-state index in [4.69, 9.17) is 5.73 Å². The molecule has 1 aromatic rings. The number of ketones is 1. The summed E-state index contributed by atoms with van der Waals surface area (Å²) < 4.78 is 0. The van der Waals surface area contributed by atoms with Gasteiger partial charge in [-0.1, -0.05) is 12.5 Å². The van der Waals surface area contributed by atoms with Crippen LogP contribution in [0.25, 0.3) is 0 Å². The van der Waals surface area contributed by atoms with Gasteiger partial charge in [-0.05, 0) is 73.7 Å². The minimum absolute atomic E-state index is 0.0604. The minimum atomic E-state index is -0.368. The second-order valence-electron chi connectivity index (χ2n) is 9.07. The SMILES string of the molecule is NC(=O)c1ccc2c(c1)[C@]13CCN(CC4CCC4)[C@H](C2)[C@@H]1CCC(=O)C3. The number of fused-ring (bicyclic) bond motifs is 1. The topological polar surface area (TPSA) is 63.4 Å². The van der Waals surface area contributed by atoms with Crippen LogP contribution in [-0.4, -0.2) is 35.7 Å². The molecule has 4 aliphatic rings. The second kappa shape index (κ2) is 5.91. The zero-order chi connectivity index (χ0) is 17.9. The molecular formula is C22H28N2O2. The molecule has 4 nitrogen and oxygen atoms in total. The molecule has 1 aromatic carbocycles. The van der Waals surface area contributed by atoms with Crippen molar-refractivity contribution in [2.75, 3.05) is 13.1 Å². The summed E-state index contributed by atoms with van der Waals surface area (Å²) in [6.45, 7) is 2.32. The zero-order valence-electron chi connectivity index (χ0n) is 15.4. The Morgan fingerprint density at radius 3 is 2.85 bits per heavy atom. The molecule has 1 aliphatic heterocycles. The molecule has 5 rings (SSSR count). The quantitative estimate of drug-likeness (QED) is 0.910. The van der Waals surface area contributed by atoms with Crippen LogP contribution in [0, 0.1) is 11.8 Å². The van der Waals surface area contributed by atoms with Crippen LogP contribution >= 0.6 is 0 Å². The van der Waals surface area contributed by atoms with E-state index in [-0.39, 0.29) is 11.3 Å². The van der Waals surface area contributed by atoms with Gasteiger partial charge in [0.25, 0.3) is 0 Å². The molecule has 3 aliphatic carbocycles. The fourth-order valence-electron chi connectivity index (χ4n) is 6.29. The summed E-state index contributed by atoms with van der Waals surface area (Å²) >= 11 is 0. The predicted octanol–water partition coefficient (Wildman–Crippen LogP) is 2.82. The molecule has 3 fully saturated rings. The van der Waals surface area contributed by atoms with Gasteiger partial charge in [0.1, 0.15) is 5.78 Å². The van der Waals surface area contributed by atoms with Crippen molar-refractivity contribution in [1.29, 1.82) is 0 Å². The van der Waals surface area contributed by atoms with Crippen LogP contribution in [-0.2, 0) is 16.6 Å². The first-order chi connectivity index (χ1) is 12.6. The third-order valence-corrected chi connectivity index (χ3v) is 7.81. The van der Waals surface area contributed by atoms with Crippen LogP contribution < -0.4 is 5.73 Å². The Hall–Kier alpha value is -1.68. The molecule has 26 heavy (non-hydrogen) atoms. The first kappa shape index (κ1) is 16.5. The molecule has 2 saturated carbocycles. The number of carbonyl (C=O) groups is 2. The van der Waals surface area contributed by atoms with E-state index in [0.717, 1.165) is 38.1 Å². The van der Waals surface area contributed by atoms with E-state index in [1.165, 1.54) is 36.9 Å². The van der Waals surface area contributed by atoms with Crippen molar-refractivity contribution in [2.45, 2.75) is 62.8 Å². The summed E-state index contributed by atoms with van der Waals surface area (Å²) in [7, 11) is 0. The number of likely N-dealkylation sites (tertiary alicyclic amines) is 1. The molecule has 0 radical (unpaired) electrons. The molecule has 3 atom stereocenters. The summed E-state index contributed by atoms with van der Waals surface area (Å²) in [5, 5.41) is 0. The highest BCUT2D eigenvalue weighted by Gasteiger charge is 2.55. The molecular weight excluding hydrogens is 324 g/mol. The van der Waals surface area contributed by atoms with Crippen LogP contribution in [0.1, 0.15) is 66.4 Å².